The second-order valence-electron chi connectivity index (χ2n) is 4.16. The van der Waals surface area contributed by atoms with Gasteiger partial charge in [-0.2, -0.15) is 0 Å². The summed E-state index contributed by atoms with van der Waals surface area (Å²) in [7, 11) is 5.55. The molecule has 1 aromatic rings. The molecular weight excluding hydrogens is 292 g/mol. The quantitative estimate of drug-likeness (QED) is 0.606. The Morgan fingerprint density at radius 2 is 1.68 bits per heavy atom. The van der Waals surface area contributed by atoms with E-state index >= 15 is 0 Å². The highest BCUT2D eigenvalue weighted by atomic mass is 16.5. The van der Waals surface area contributed by atoms with Crippen molar-refractivity contribution < 1.29 is 33.6 Å². The van der Waals surface area contributed by atoms with Gasteiger partial charge in [-0.3, -0.25) is 4.79 Å². The van der Waals surface area contributed by atoms with Gasteiger partial charge in [0.1, 0.15) is 0 Å². The summed E-state index contributed by atoms with van der Waals surface area (Å²) >= 11 is 0. The lowest BCUT2D eigenvalue weighted by atomic mass is 10.1. The lowest BCUT2D eigenvalue weighted by Crippen LogP contribution is -2.09. The van der Waals surface area contributed by atoms with Crippen LogP contribution >= 0.6 is 0 Å². The first-order chi connectivity index (χ1) is 10.5. The van der Waals surface area contributed by atoms with E-state index in [0.717, 1.165) is 0 Å². The molecule has 0 amide bonds. The Kier molecular flexibility index (Phi) is 6.25. The number of aliphatic carboxylic acids is 1. The van der Waals surface area contributed by atoms with Crippen LogP contribution in [0.25, 0.3) is 6.08 Å². The molecule has 0 aliphatic heterocycles. The molecule has 7 heteroatoms. The van der Waals surface area contributed by atoms with Gasteiger partial charge in [0.05, 0.1) is 34.9 Å². The molecule has 22 heavy (non-hydrogen) atoms. The number of benzene rings is 1. The van der Waals surface area contributed by atoms with Crippen LogP contribution in [-0.4, -0.2) is 45.5 Å². The molecule has 1 aromatic carbocycles. The average molecular weight is 310 g/mol. The van der Waals surface area contributed by atoms with Crippen molar-refractivity contribution in [2.24, 2.45) is 0 Å². The predicted octanol–water partition coefficient (Wildman–Crippen LogP) is 1.74. The summed E-state index contributed by atoms with van der Waals surface area (Å²) in [6.07, 6.45) is 0.922. The van der Waals surface area contributed by atoms with E-state index in [1.165, 1.54) is 34.5 Å². The van der Waals surface area contributed by atoms with E-state index in [-0.39, 0.29) is 5.57 Å². The molecule has 0 saturated carbocycles. The Bertz CT molecular complexity index is 590. The van der Waals surface area contributed by atoms with Crippen LogP contribution in [0.2, 0.25) is 0 Å². The molecule has 0 fully saturated rings. The van der Waals surface area contributed by atoms with Crippen molar-refractivity contribution in [3.8, 4) is 17.2 Å². The Labute approximate surface area is 128 Å². The molecule has 0 aliphatic rings. The number of carbonyl (C=O) groups excluding carboxylic acids is 1. The van der Waals surface area contributed by atoms with Gasteiger partial charge in [0.2, 0.25) is 5.75 Å². The maximum atomic E-state index is 11.7. The predicted molar refractivity (Wildman–Crippen MR) is 78.3 cm³/mol. The lowest BCUT2D eigenvalue weighted by molar-refractivity contribution is -0.141. The fraction of sp³-hybridized carbons (Fsp3) is 0.333. The first kappa shape index (κ1) is 17.4. The van der Waals surface area contributed by atoms with Gasteiger partial charge in [0.25, 0.3) is 0 Å². The SMILES string of the molecule is COC(=O)C(=Cc1ccc(OC)c(OC)c1OC)CC(=O)O. The maximum absolute atomic E-state index is 11.7. The molecule has 0 aromatic heterocycles. The van der Waals surface area contributed by atoms with Gasteiger partial charge in [-0.1, -0.05) is 0 Å². The molecule has 7 nitrogen and oxygen atoms in total. The number of esters is 1. The zero-order valence-electron chi connectivity index (χ0n) is 12.8. The van der Waals surface area contributed by atoms with Crippen LogP contribution in [0.1, 0.15) is 12.0 Å². The normalized spacial score (nSPS) is 10.8. The summed E-state index contributed by atoms with van der Waals surface area (Å²) in [5.74, 6) is -0.739. The molecule has 1 N–H and O–H groups in total. The highest BCUT2D eigenvalue weighted by molar-refractivity contribution is 5.98. The minimum absolute atomic E-state index is 0.0134. The topological polar surface area (TPSA) is 91.3 Å². The van der Waals surface area contributed by atoms with E-state index in [0.29, 0.717) is 22.8 Å². The van der Waals surface area contributed by atoms with Gasteiger partial charge < -0.3 is 24.1 Å². The van der Waals surface area contributed by atoms with Crippen molar-refractivity contribution in [1.29, 1.82) is 0 Å². The fourth-order valence-corrected chi connectivity index (χ4v) is 1.90. The van der Waals surface area contributed by atoms with Crippen LogP contribution in [0.3, 0.4) is 0 Å². The molecule has 0 atom stereocenters. The molecule has 0 radical (unpaired) electrons. The van der Waals surface area contributed by atoms with Crippen LogP contribution < -0.4 is 14.2 Å². The number of ether oxygens (including phenoxy) is 4. The number of hydrogen-bond acceptors (Lipinski definition) is 6. The summed E-state index contributed by atoms with van der Waals surface area (Å²) in [5.41, 5.74) is 0.460. The number of rotatable bonds is 7. The molecular formula is C15H18O7. The van der Waals surface area contributed by atoms with E-state index < -0.39 is 18.4 Å². The second kappa shape index (κ2) is 7.92. The zero-order valence-corrected chi connectivity index (χ0v) is 12.8. The van der Waals surface area contributed by atoms with Gasteiger partial charge in [-0.15, -0.1) is 0 Å². The van der Waals surface area contributed by atoms with Crippen LogP contribution in [-0.2, 0) is 14.3 Å². The number of carboxylic acid groups (broad SMARTS) is 1. The van der Waals surface area contributed by atoms with Crippen LogP contribution in [0, 0.1) is 0 Å². The third kappa shape index (κ3) is 3.91. The van der Waals surface area contributed by atoms with E-state index in [2.05, 4.69) is 4.74 Å². The van der Waals surface area contributed by atoms with Crippen molar-refractivity contribution in [2.75, 3.05) is 28.4 Å². The van der Waals surface area contributed by atoms with Crippen molar-refractivity contribution in [2.45, 2.75) is 6.42 Å². The molecule has 1 rings (SSSR count). The molecule has 0 bridgehead atoms. The Morgan fingerprint density at radius 1 is 1.05 bits per heavy atom. The Balaban J connectivity index is 3.42. The van der Waals surface area contributed by atoms with E-state index in [1.54, 1.807) is 12.1 Å². The summed E-state index contributed by atoms with van der Waals surface area (Å²) in [6.45, 7) is 0. The standard InChI is InChI=1S/C15H18O7/c1-19-11-6-5-9(13(20-2)14(11)21-3)7-10(8-12(16)17)15(18)22-4/h5-7H,8H2,1-4H3,(H,16,17). The average Bonchev–Trinajstić information content (AvgIpc) is 2.52. The maximum Gasteiger partial charge on any atom is 0.334 e. The third-order valence-electron chi connectivity index (χ3n) is 2.85. The summed E-state index contributed by atoms with van der Waals surface area (Å²) in [6, 6.07) is 3.26. The molecule has 0 heterocycles. The van der Waals surface area contributed by atoms with Crippen molar-refractivity contribution in [1.82, 2.24) is 0 Å². The zero-order chi connectivity index (χ0) is 16.7. The molecule has 0 spiro atoms. The summed E-state index contributed by atoms with van der Waals surface area (Å²) in [5, 5.41) is 8.89. The first-order valence-electron chi connectivity index (χ1n) is 6.28. The second-order valence-corrected chi connectivity index (χ2v) is 4.16. The van der Waals surface area contributed by atoms with Crippen LogP contribution in [0.15, 0.2) is 17.7 Å². The van der Waals surface area contributed by atoms with E-state index in [4.69, 9.17) is 19.3 Å². The number of carbonyl (C=O) groups is 2. The first-order valence-corrected chi connectivity index (χ1v) is 6.28. The van der Waals surface area contributed by atoms with Crippen molar-refractivity contribution in [3.05, 3.63) is 23.3 Å². The Hall–Kier alpha value is -2.70. The molecule has 0 unspecified atom stereocenters. The Morgan fingerprint density at radius 3 is 2.14 bits per heavy atom. The van der Waals surface area contributed by atoms with E-state index in [9.17, 15) is 9.59 Å². The highest BCUT2D eigenvalue weighted by Gasteiger charge is 2.18. The van der Waals surface area contributed by atoms with E-state index in [1.807, 2.05) is 0 Å². The number of hydrogen-bond donors (Lipinski definition) is 1. The monoisotopic (exact) mass is 310 g/mol. The van der Waals surface area contributed by atoms with Gasteiger partial charge in [0, 0.05) is 11.1 Å². The number of carboxylic acids is 1. The number of methoxy groups -OCH3 is 4. The van der Waals surface area contributed by atoms with Gasteiger partial charge in [-0.05, 0) is 18.2 Å². The minimum atomic E-state index is -1.14. The van der Waals surface area contributed by atoms with Gasteiger partial charge >= 0.3 is 11.9 Å². The smallest absolute Gasteiger partial charge is 0.334 e. The highest BCUT2D eigenvalue weighted by Crippen LogP contribution is 2.40. The fourth-order valence-electron chi connectivity index (χ4n) is 1.90. The third-order valence-corrected chi connectivity index (χ3v) is 2.85. The molecule has 0 aliphatic carbocycles. The van der Waals surface area contributed by atoms with Crippen LogP contribution in [0.4, 0.5) is 0 Å². The van der Waals surface area contributed by atoms with Gasteiger partial charge in [-0.25, -0.2) is 4.79 Å². The van der Waals surface area contributed by atoms with Gasteiger partial charge in [0.15, 0.2) is 11.5 Å². The largest absolute Gasteiger partial charge is 0.493 e. The van der Waals surface area contributed by atoms with Crippen molar-refractivity contribution >= 4 is 18.0 Å². The van der Waals surface area contributed by atoms with Crippen molar-refractivity contribution in [3.63, 3.8) is 0 Å². The summed E-state index contributed by atoms with van der Waals surface area (Å²) in [4.78, 5) is 22.6. The molecule has 120 valence electrons. The van der Waals surface area contributed by atoms with Crippen LogP contribution in [0.5, 0.6) is 17.2 Å². The molecule has 0 saturated heterocycles. The minimum Gasteiger partial charge on any atom is -0.493 e. The lowest BCUT2D eigenvalue weighted by Gasteiger charge is -2.14. The summed E-state index contributed by atoms with van der Waals surface area (Å²) < 4.78 is 20.3.